The van der Waals surface area contributed by atoms with Crippen LogP contribution in [-0.4, -0.2) is 23.4 Å². The summed E-state index contributed by atoms with van der Waals surface area (Å²) in [6.07, 6.45) is 1.44. The fraction of sp³-hybridized carbons (Fsp3) is 0.455. The van der Waals surface area contributed by atoms with Gasteiger partial charge >= 0.3 is 0 Å². The number of nitrogens with two attached hydrogens (primary N) is 1. The van der Waals surface area contributed by atoms with Crippen LogP contribution in [0.15, 0.2) is 22.0 Å². The molecule has 0 bridgehead atoms. The summed E-state index contributed by atoms with van der Waals surface area (Å²) in [5, 5.41) is 5.97. The first-order valence-corrected chi connectivity index (χ1v) is 6.41. The third-order valence-corrected chi connectivity index (χ3v) is 3.84. The predicted molar refractivity (Wildman–Crippen MR) is 63.5 cm³/mol. The molecule has 1 fully saturated rings. The maximum absolute atomic E-state index is 6.27. The lowest BCUT2D eigenvalue weighted by Crippen LogP contribution is -2.42. The van der Waals surface area contributed by atoms with E-state index in [2.05, 4.69) is 10.1 Å². The highest BCUT2D eigenvalue weighted by Crippen LogP contribution is 2.30. The van der Waals surface area contributed by atoms with Crippen LogP contribution in [0.1, 0.15) is 18.7 Å². The summed E-state index contributed by atoms with van der Waals surface area (Å²) in [5.74, 6) is 1.13. The molecule has 2 aromatic rings. The quantitative estimate of drug-likeness (QED) is 0.880. The van der Waals surface area contributed by atoms with Crippen LogP contribution in [0.3, 0.4) is 0 Å². The largest absolute Gasteiger partial charge is 0.381 e. The van der Waals surface area contributed by atoms with Crippen molar-refractivity contribution in [2.45, 2.75) is 18.4 Å². The molecule has 90 valence electrons. The Morgan fingerprint density at radius 2 is 2.18 bits per heavy atom. The molecule has 0 aromatic carbocycles. The van der Waals surface area contributed by atoms with Gasteiger partial charge in [-0.1, -0.05) is 11.2 Å². The zero-order valence-corrected chi connectivity index (χ0v) is 10.1. The Balaban J connectivity index is 1.89. The molecule has 1 aliphatic rings. The first kappa shape index (κ1) is 10.9. The van der Waals surface area contributed by atoms with Crippen molar-refractivity contribution in [1.82, 2.24) is 10.1 Å². The molecule has 0 atom stereocenters. The van der Waals surface area contributed by atoms with Crippen molar-refractivity contribution in [3.63, 3.8) is 0 Å². The third kappa shape index (κ3) is 1.99. The van der Waals surface area contributed by atoms with Gasteiger partial charge < -0.3 is 15.0 Å². The van der Waals surface area contributed by atoms with Crippen LogP contribution in [0.2, 0.25) is 0 Å². The van der Waals surface area contributed by atoms with E-state index >= 15 is 0 Å². The van der Waals surface area contributed by atoms with Gasteiger partial charge in [-0.2, -0.15) is 4.98 Å². The van der Waals surface area contributed by atoms with Crippen molar-refractivity contribution < 1.29 is 9.26 Å². The molecule has 3 heterocycles. The molecule has 0 unspecified atom stereocenters. The average molecular weight is 251 g/mol. The van der Waals surface area contributed by atoms with E-state index in [1.807, 2.05) is 17.5 Å². The molecule has 17 heavy (non-hydrogen) atoms. The Morgan fingerprint density at radius 1 is 1.35 bits per heavy atom. The number of hydrogen-bond donors (Lipinski definition) is 1. The molecule has 2 N–H and O–H groups in total. The third-order valence-electron chi connectivity index (χ3n) is 2.98. The predicted octanol–water partition coefficient (Wildman–Crippen LogP) is 1.76. The van der Waals surface area contributed by atoms with Crippen LogP contribution >= 0.6 is 11.3 Å². The first-order valence-electron chi connectivity index (χ1n) is 5.53. The van der Waals surface area contributed by atoms with Crippen molar-refractivity contribution in [2.24, 2.45) is 5.73 Å². The molecule has 5 nitrogen and oxygen atoms in total. The van der Waals surface area contributed by atoms with Crippen molar-refractivity contribution in [2.75, 3.05) is 13.2 Å². The lowest BCUT2D eigenvalue weighted by molar-refractivity contribution is 0.0400. The first-order chi connectivity index (χ1) is 8.28. The van der Waals surface area contributed by atoms with Gasteiger partial charge in [-0.15, -0.1) is 11.3 Å². The molecule has 6 heteroatoms. The summed E-state index contributed by atoms with van der Waals surface area (Å²) < 4.78 is 10.6. The SMILES string of the molecule is NC1(c2nc(-c3cccs3)no2)CCOCC1. The summed E-state index contributed by atoms with van der Waals surface area (Å²) in [5.41, 5.74) is 5.75. The molecular weight excluding hydrogens is 238 g/mol. The van der Waals surface area contributed by atoms with E-state index in [4.69, 9.17) is 15.0 Å². The molecule has 0 saturated carbocycles. The molecule has 1 aliphatic heterocycles. The zero-order valence-electron chi connectivity index (χ0n) is 9.26. The number of thiophene rings is 1. The maximum atomic E-state index is 6.27. The lowest BCUT2D eigenvalue weighted by atomic mass is 9.91. The van der Waals surface area contributed by atoms with E-state index < -0.39 is 5.54 Å². The average Bonchev–Trinajstić information content (AvgIpc) is 3.01. The van der Waals surface area contributed by atoms with Crippen LogP contribution in [-0.2, 0) is 10.3 Å². The second kappa shape index (κ2) is 4.21. The van der Waals surface area contributed by atoms with Gasteiger partial charge in [0, 0.05) is 13.2 Å². The van der Waals surface area contributed by atoms with E-state index in [0.717, 1.165) is 17.7 Å². The van der Waals surface area contributed by atoms with E-state index in [9.17, 15) is 0 Å². The standard InChI is InChI=1S/C11H13N3O2S/c12-11(3-5-15-6-4-11)10-13-9(14-16-10)8-2-1-7-17-8/h1-2,7H,3-6,12H2. The highest BCUT2D eigenvalue weighted by Gasteiger charge is 2.35. The summed E-state index contributed by atoms with van der Waals surface area (Å²) in [6, 6.07) is 3.93. The Hall–Kier alpha value is -1.24. The van der Waals surface area contributed by atoms with Gasteiger partial charge in [-0.05, 0) is 24.3 Å². The fourth-order valence-corrected chi connectivity index (χ4v) is 2.53. The Morgan fingerprint density at radius 3 is 2.88 bits per heavy atom. The molecule has 0 spiro atoms. The summed E-state index contributed by atoms with van der Waals surface area (Å²) in [4.78, 5) is 5.40. The van der Waals surface area contributed by atoms with Gasteiger partial charge in [0.2, 0.25) is 11.7 Å². The normalized spacial score (nSPS) is 19.4. The molecule has 0 aliphatic carbocycles. The van der Waals surface area contributed by atoms with Crippen LogP contribution in [0.25, 0.3) is 10.7 Å². The van der Waals surface area contributed by atoms with Crippen LogP contribution in [0.4, 0.5) is 0 Å². The van der Waals surface area contributed by atoms with Crippen molar-refractivity contribution >= 4 is 11.3 Å². The van der Waals surface area contributed by atoms with Gasteiger partial charge in [-0.3, -0.25) is 0 Å². The van der Waals surface area contributed by atoms with E-state index in [1.54, 1.807) is 11.3 Å². The second-order valence-electron chi connectivity index (χ2n) is 4.17. The monoisotopic (exact) mass is 251 g/mol. The number of hydrogen-bond acceptors (Lipinski definition) is 6. The lowest BCUT2D eigenvalue weighted by Gasteiger charge is -2.29. The number of ether oxygens (including phenoxy) is 1. The molecule has 0 amide bonds. The zero-order chi connectivity index (χ0) is 11.7. The maximum Gasteiger partial charge on any atom is 0.247 e. The van der Waals surface area contributed by atoms with Crippen LogP contribution in [0.5, 0.6) is 0 Å². The summed E-state index contributed by atoms with van der Waals surface area (Å²) in [6.45, 7) is 1.29. The van der Waals surface area contributed by atoms with Gasteiger partial charge in [-0.25, -0.2) is 0 Å². The minimum Gasteiger partial charge on any atom is -0.381 e. The molecule has 0 radical (unpaired) electrons. The molecule has 2 aromatic heterocycles. The van der Waals surface area contributed by atoms with Crippen molar-refractivity contribution in [3.8, 4) is 10.7 Å². The summed E-state index contributed by atoms with van der Waals surface area (Å²) >= 11 is 1.58. The van der Waals surface area contributed by atoms with Crippen LogP contribution in [0, 0.1) is 0 Å². The van der Waals surface area contributed by atoms with Crippen molar-refractivity contribution in [1.29, 1.82) is 0 Å². The molecular formula is C11H13N3O2S. The highest BCUT2D eigenvalue weighted by atomic mass is 32.1. The highest BCUT2D eigenvalue weighted by molar-refractivity contribution is 7.13. The Labute approximate surface area is 103 Å². The topological polar surface area (TPSA) is 74.2 Å². The van der Waals surface area contributed by atoms with Gasteiger partial charge in [0.15, 0.2) is 0 Å². The van der Waals surface area contributed by atoms with E-state index in [1.165, 1.54) is 0 Å². The second-order valence-corrected chi connectivity index (χ2v) is 5.12. The molecule has 1 saturated heterocycles. The number of aromatic nitrogens is 2. The van der Waals surface area contributed by atoms with Crippen molar-refractivity contribution in [3.05, 3.63) is 23.4 Å². The number of nitrogens with zero attached hydrogens (tertiary/aromatic N) is 2. The van der Waals surface area contributed by atoms with Gasteiger partial charge in [0.25, 0.3) is 0 Å². The summed E-state index contributed by atoms with van der Waals surface area (Å²) in [7, 11) is 0. The minimum absolute atomic E-state index is 0.518. The van der Waals surface area contributed by atoms with E-state index in [-0.39, 0.29) is 0 Å². The smallest absolute Gasteiger partial charge is 0.247 e. The van der Waals surface area contributed by atoms with E-state index in [0.29, 0.717) is 24.9 Å². The molecule has 3 rings (SSSR count). The Bertz CT molecular complexity index is 489. The van der Waals surface area contributed by atoms with Gasteiger partial charge in [0.05, 0.1) is 4.88 Å². The van der Waals surface area contributed by atoms with Gasteiger partial charge in [0.1, 0.15) is 5.54 Å². The number of rotatable bonds is 2. The Kier molecular flexibility index (Phi) is 2.70. The van der Waals surface area contributed by atoms with Crippen LogP contribution < -0.4 is 5.73 Å². The minimum atomic E-state index is -0.527. The fourth-order valence-electron chi connectivity index (χ4n) is 1.88.